The van der Waals surface area contributed by atoms with Crippen LogP contribution in [0.1, 0.15) is 5.56 Å². The maximum atomic E-state index is 11.7. The van der Waals surface area contributed by atoms with E-state index in [2.05, 4.69) is 30.9 Å². The molecule has 1 heterocycles. The van der Waals surface area contributed by atoms with E-state index in [1.807, 2.05) is 24.3 Å². The fourth-order valence-electron chi connectivity index (χ4n) is 2.16. The molecule has 0 aliphatic carbocycles. The van der Waals surface area contributed by atoms with Crippen molar-refractivity contribution in [3.05, 3.63) is 42.2 Å². The van der Waals surface area contributed by atoms with Crippen LogP contribution in [0.5, 0.6) is 0 Å². The van der Waals surface area contributed by atoms with Crippen LogP contribution in [-0.2, 0) is 11.3 Å². The van der Waals surface area contributed by atoms with Crippen molar-refractivity contribution in [3.8, 4) is 11.1 Å². The quantitative estimate of drug-likeness (QED) is 0.318. The lowest BCUT2D eigenvalue weighted by Gasteiger charge is -2.07. The molecule has 0 aliphatic heterocycles. The molecule has 0 spiro atoms. The molecule has 10 nitrogen and oxygen atoms in total. The maximum absolute atomic E-state index is 11.7. The Morgan fingerprint density at radius 2 is 1.85 bits per heavy atom. The minimum absolute atomic E-state index is 0.0319. The van der Waals surface area contributed by atoms with E-state index in [1.165, 1.54) is 0 Å². The fraction of sp³-hybridized carbons (Fsp3) is 0.235. The van der Waals surface area contributed by atoms with Crippen LogP contribution in [0, 0.1) is 0 Å². The van der Waals surface area contributed by atoms with E-state index >= 15 is 0 Å². The number of carbonyl (C=O) groups is 2. The summed E-state index contributed by atoms with van der Waals surface area (Å²) in [6.45, 7) is 0.616. The molecule has 3 amide bonds. The number of nitrogens with one attached hydrogen (secondary N) is 3. The number of anilines is 1. The highest BCUT2D eigenvalue weighted by atomic mass is 16.2. The number of urea groups is 1. The normalized spacial score (nSPS) is 11.1. The van der Waals surface area contributed by atoms with Crippen molar-refractivity contribution in [1.82, 2.24) is 20.6 Å². The topological polar surface area (TPSA) is 160 Å². The van der Waals surface area contributed by atoms with Gasteiger partial charge in [0.1, 0.15) is 5.84 Å². The number of aliphatic imine (C=N–C) groups is 1. The molecule has 1 aromatic carbocycles. The van der Waals surface area contributed by atoms with Gasteiger partial charge >= 0.3 is 6.03 Å². The van der Waals surface area contributed by atoms with Crippen molar-refractivity contribution < 1.29 is 9.59 Å². The summed E-state index contributed by atoms with van der Waals surface area (Å²) in [5, 5.41) is 8.22. The van der Waals surface area contributed by atoms with Gasteiger partial charge < -0.3 is 27.4 Å². The minimum atomic E-state index is -0.499. The van der Waals surface area contributed by atoms with Gasteiger partial charge in [-0.2, -0.15) is 4.99 Å². The van der Waals surface area contributed by atoms with Gasteiger partial charge in [-0.3, -0.25) is 4.79 Å². The van der Waals surface area contributed by atoms with Gasteiger partial charge in [-0.1, -0.05) is 18.2 Å². The second-order valence-electron chi connectivity index (χ2n) is 5.61. The lowest BCUT2D eigenvalue weighted by Crippen LogP contribution is -2.29. The number of primary amides is 1. The number of aromatic nitrogens is 2. The molecule has 0 radical (unpaired) electrons. The number of nitrogens with two attached hydrogens (primary N) is 2. The number of carbonyl (C=O) groups excluding carboxylic acids is 2. The molecule has 0 saturated heterocycles. The Kier molecular flexibility index (Phi) is 7.20. The molecule has 142 valence electrons. The Labute approximate surface area is 156 Å². The second-order valence-corrected chi connectivity index (χ2v) is 5.61. The lowest BCUT2D eigenvalue weighted by molar-refractivity contribution is -0.116. The predicted octanol–water partition coefficient (Wildman–Crippen LogP) is -0.173. The first kappa shape index (κ1) is 19.8. The summed E-state index contributed by atoms with van der Waals surface area (Å²) in [5.74, 6) is 0.0402. The monoisotopic (exact) mass is 370 g/mol. The summed E-state index contributed by atoms with van der Waals surface area (Å²) < 4.78 is 0. The average molecular weight is 370 g/mol. The van der Waals surface area contributed by atoms with Gasteiger partial charge in [-0.05, 0) is 24.2 Å². The maximum Gasteiger partial charge on any atom is 0.342 e. The van der Waals surface area contributed by atoms with E-state index < -0.39 is 11.9 Å². The standard InChI is InChI=1S/C17H22N8O2/c1-20-9-14(18)25-17(27)24-6-11-3-2-4-12(5-11)13-7-21-16(22-8-13)23-10-15(19)26/h2-5,7-8,20H,6,9-10H2,1H3,(H2,19,26)(H,21,22,23)(H3,18,24,25,27). The number of benzene rings is 1. The molecule has 7 N–H and O–H groups in total. The molecule has 0 bridgehead atoms. The Balaban J connectivity index is 1.99. The number of amidine groups is 1. The Morgan fingerprint density at radius 1 is 1.11 bits per heavy atom. The highest BCUT2D eigenvalue weighted by Crippen LogP contribution is 2.19. The van der Waals surface area contributed by atoms with Crippen molar-refractivity contribution in [2.75, 3.05) is 25.5 Å². The van der Waals surface area contributed by atoms with Crippen molar-refractivity contribution >= 4 is 23.7 Å². The molecular formula is C17H22N8O2. The molecule has 0 atom stereocenters. The van der Waals surface area contributed by atoms with E-state index in [-0.39, 0.29) is 12.4 Å². The Hall–Kier alpha value is -3.53. The van der Waals surface area contributed by atoms with Crippen LogP contribution in [0.25, 0.3) is 11.1 Å². The number of hydrogen-bond acceptors (Lipinski definition) is 6. The third-order valence-electron chi connectivity index (χ3n) is 3.38. The first-order valence-corrected chi connectivity index (χ1v) is 8.17. The van der Waals surface area contributed by atoms with Gasteiger partial charge in [0.25, 0.3) is 0 Å². The Morgan fingerprint density at radius 3 is 2.52 bits per heavy atom. The van der Waals surface area contributed by atoms with E-state index in [9.17, 15) is 9.59 Å². The predicted molar refractivity (Wildman–Crippen MR) is 103 cm³/mol. The molecule has 2 rings (SSSR count). The summed E-state index contributed by atoms with van der Waals surface area (Å²) >= 11 is 0. The first-order valence-electron chi connectivity index (χ1n) is 8.17. The summed E-state index contributed by atoms with van der Waals surface area (Å²) in [7, 11) is 1.72. The zero-order valence-electron chi connectivity index (χ0n) is 14.9. The number of nitrogens with zero attached hydrogens (tertiary/aromatic N) is 3. The number of likely N-dealkylation sites (N-methyl/N-ethyl adjacent to an activating group) is 1. The molecule has 0 saturated carbocycles. The summed E-state index contributed by atoms with van der Waals surface area (Å²) in [6.07, 6.45) is 3.27. The number of amides is 3. The third kappa shape index (κ3) is 6.71. The second kappa shape index (κ2) is 9.82. The molecular weight excluding hydrogens is 348 g/mol. The molecule has 27 heavy (non-hydrogen) atoms. The van der Waals surface area contributed by atoms with Gasteiger partial charge in [0, 0.05) is 24.5 Å². The zero-order chi connectivity index (χ0) is 19.6. The van der Waals surface area contributed by atoms with Gasteiger partial charge in [0.15, 0.2) is 0 Å². The fourth-order valence-corrected chi connectivity index (χ4v) is 2.16. The number of hydrogen-bond donors (Lipinski definition) is 5. The molecule has 0 unspecified atom stereocenters. The van der Waals surface area contributed by atoms with Crippen LogP contribution in [0.15, 0.2) is 41.7 Å². The molecule has 0 aliphatic rings. The van der Waals surface area contributed by atoms with Crippen molar-refractivity contribution in [2.24, 2.45) is 16.5 Å². The summed E-state index contributed by atoms with van der Waals surface area (Å²) in [6, 6.07) is 7.07. The van der Waals surface area contributed by atoms with Gasteiger partial charge in [0.05, 0.1) is 13.1 Å². The largest absolute Gasteiger partial charge is 0.386 e. The van der Waals surface area contributed by atoms with Gasteiger partial charge in [-0.15, -0.1) is 0 Å². The van der Waals surface area contributed by atoms with Crippen LogP contribution < -0.4 is 27.4 Å². The first-order chi connectivity index (χ1) is 13.0. The summed E-state index contributed by atoms with van der Waals surface area (Å²) in [4.78, 5) is 34.5. The highest BCUT2D eigenvalue weighted by Gasteiger charge is 2.05. The van der Waals surface area contributed by atoms with E-state index in [0.29, 0.717) is 19.0 Å². The minimum Gasteiger partial charge on any atom is -0.386 e. The van der Waals surface area contributed by atoms with Crippen LogP contribution in [0.3, 0.4) is 0 Å². The smallest absolute Gasteiger partial charge is 0.342 e. The van der Waals surface area contributed by atoms with E-state index in [1.54, 1.807) is 19.4 Å². The number of rotatable bonds is 8. The Bertz CT molecular complexity index is 820. The zero-order valence-corrected chi connectivity index (χ0v) is 14.9. The SMILES string of the molecule is CNC/C(N)=N/C(=O)NCc1cccc(-c2cnc(NCC(N)=O)nc2)c1. The van der Waals surface area contributed by atoms with Crippen LogP contribution in [-0.4, -0.2) is 47.9 Å². The van der Waals surface area contributed by atoms with Crippen LogP contribution in [0.4, 0.5) is 10.7 Å². The van der Waals surface area contributed by atoms with Crippen molar-refractivity contribution in [3.63, 3.8) is 0 Å². The van der Waals surface area contributed by atoms with E-state index in [4.69, 9.17) is 11.5 Å². The molecule has 0 fully saturated rings. The van der Waals surface area contributed by atoms with E-state index in [0.717, 1.165) is 16.7 Å². The van der Waals surface area contributed by atoms with Crippen molar-refractivity contribution in [2.45, 2.75) is 6.54 Å². The molecule has 1 aromatic heterocycles. The summed E-state index contributed by atoms with van der Waals surface area (Å²) in [5.41, 5.74) is 13.2. The van der Waals surface area contributed by atoms with Crippen molar-refractivity contribution in [1.29, 1.82) is 0 Å². The van der Waals surface area contributed by atoms with Crippen LogP contribution >= 0.6 is 0 Å². The molecule has 2 aromatic rings. The van der Waals surface area contributed by atoms with Gasteiger partial charge in [-0.25, -0.2) is 14.8 Å². The third-order valence-corrected chi connectivity index (χ3v) is 3.38. The van der Waals surface area contributed by atoms with Gasteiger partial charge in [0.2, 0.25) is 11.9 Å². The lowest BCUT2D eigenvalue weighted by atomic mass is 10.1. The average Bonchev–Trinajstić information content (AvgIpc) is 2.65. The van der Waals surface area contributed by atoms with Crippen LogP contribution in [0.2, 0.25) is 0 Å². The molecule has 10 heteroatoms. The highest BCUT2D eigenvalue weighted by molar-refractivity contribution is 5.93.